The topological polar surface area (TPSA) is 36.7 Å². The summed E-state index contributed by atoms with van der Waals surface area (Å²) in [6, 6.07) is 4.94. The van der Waals surface area contributed by atoms with E-state index in [1.54, 1.807) is 0 Å². The highest BCUT2D eigenvalue weighted by Gasteiger charge is 2.04. The van der Waals surface area contributed by atoms with Gasteiger partial charge in [-0.05, 0) is 12.1 Å². The number of nitriles is 1. The predicted molar refractivity (Wildman–Crippen MR) is 45.7 cm³/mol. The minimum Gasteiger partial charge on any atom is -0.250 e. The van der Waals surface area contributed by atoms with Crippen molar-refractivity contribution < 1.29 is 8.78 Å². The molecule has 0 fully saturated rings. The lowest BCUT2D eigenvalue weighted by Gasteiger charge is -1.98. The molecule has 68 valence electrons. The van der Waals surface area contributed by atoms with E-state index in [4.69, 9.17) is 5.26 Å². The molecule has 2 nitrogen and oxygen atoms in total. The van der Waals surface area contributed by atoms with Crippen LogP contribution < -0.4 is 0 Å². The third-order valence-corrected chi connectivity index (χ3v) is 2.16. The van der Waals surface area contributed by atoms with Crippen LogP contribution in [0.15, 0.2) is 23.4 Å². The first-order valence-corrected chi connectivity index (χ1v) is 4.48. The fourth-order valence-corrected chi connectivity index (χ4v) is 1.35. The van der Waals surface area contributed by atoms with E-state index >= 15 is 0 Å². The van der Waals surface area contributed by atoms with E-state index in [0.717, 1.165) is 11.8 Å². The second kappa shape index (κ2) is 4.77. The Bertz CT molecular complexity index is 322. The monoisotopic (exact) mass is 200 g/mol. The number of hydrogen-bond acceptors (Lipinski definition) is 3. The van der Waals surface area contributed by atoms with E-state index in [0.29, 0.717) is 10.6 Å². The van der Waals surface area contributed by atoms with Crippen LogP contribution in [-0.2, 0) is 0 Å². The van der Waals surface area contributed by atoms with Crippen molar-refractivity contribution >= 4 is 11.8 Å². The van der Waals surface area contributed by atoms with E-state index < -0.39 is 6.43 Å². The Morgan fingerprint density at radius 2 is 2.38 bits per heavy atom. The molecule has 0 aliphatic carbocycles. The number of alkyl halides is 2. The summed E-state index contributed by atoms with van der Waals surface area (Å²) in [5.74, 6) is -0.290. The van der Waals surface area contributed by atoms with Crippen LogP contribution in [0.1, 0.15) is 5.56 Å². The van der Waals surface area contributed by atoms with Crippen molar-refractivity contribution in [1.82, 2.24) is 4.98 Å². The molecule has 0 spiro atoms. The van der Waals surface area contributed by atoms with Crippen LogP contribution in [-0.4, -0.2) is 17.2 Å². The minimum absolute atomic E-state index is 0.290. The smallest absolute Gasteiger partial charge is 0.247 e. The second-order valence-corrected chi connectivity index (χ2v) is 3.24. The van der Waals surface area contributed by atoms with Crippen LogP contribution in [0.4, 0.5) is 8.78 Å². The zero-order valence-corrected chi connectivity index (χ0v) is 7.39. The molecular weight excluding hydrogens is 194 g/mol. The molecule has 5 heteroatoms. The maximum absolute atomic E-state index is 11.8. The van der Waals surface area contributed by atoms with Gasteiger partial charge in [-0.2, -0.15) is 5.26 Å². The van der Waals surface area contributed by atoms with Crippen molar-refractivity contribution in [3.63, 3.8) is 0 Å². The Hall–Kier alpha value is -1.15. The molecular formula is C8H6F2N2S. The van der Waals surface area contributed by atoms with Gasteiger partial charge in [0, 0.05) is 6.20 Å². The number of pyridine rings is 1. The molecule has 1 aromatic heterocycles. The van der Waals surface area contributed by atoms with Crippen molar-refractivity contribution in [3.8, 4) is 6.07 Å². The van der Waals surface area contributed by atoms with Gasteiger partial charge in [0.05, 0.1) is 22.4 Å². The summed E-state index contributed by atoms with van der Waals surface area (Å²) >= 11 is 0.946. The van der Waals surface area contributed by atoms with Crippen LogP contribution in [0.3, 0.4) is 0 Å². The average Bonchev–Trinajstić information content (AvgIpc) is 2.15. The minimum atomic E-state index is -2.35. The van der Waals surface area contributed by atoms with Gasteiger partial charge >= 0.3 is 0 Å². The predicted octanol–water partition coefficient (Wildman–Crippen LogP) is 2.31. The third kappa shape index (κ3) is 3.38. The van der Waals surface area contributed by atoms with E-state index in [-0.39, 0.29) is 5.75 Å². The summed E-state index contributed by atoms with van der Waals surface area (Å²) in [6.07, 6.45) is -0.913. The lowest BCUT2D eigenvalue weighted by molar-refractivity contribution is 0.177. The standard InChI is InChI=1S/C8H6F2N2S/c9-7(10)5-13-8-3-6(4-11)1-2-12-8/h1-3,7H,5H2. The van der Waals surface area contributed by atoms with Crippen LogP contribution >= 0.6 is 11.8 Å². The van der Waals surface area contributed by atoms with Gasteiger partial charge in [0.15, 0.2) is 0 Å². The van der Waals surface area contributed by atoms with E-state index in [9.17, 15) is 8.78 Å². The number of rotatable bonds is 3. The van der Waals surface area contributed by atoms with Gasteiger partial charge in [-0.1, -0.05) is 0 Å². The Labute approximate surface area is 78.6 Å². The van der Waals surface area contributed by atoms with Crippen LogP contribution in [0.25, 0.3) is 0 Å². The molecule has 0 atom stereocenters. The summed E-state index contributed by atoms with van der Waals surface area (Å²) in [4.78, 5) is 3.84. The van der Waals surface area contributed by atoms with Gasteiger partial charge in [-0.15, -0.1) is 11.8 Å². The van der Waals surface area contributed by atoms with E-state index in [2.05, 4.69) is 4.98 Å². The number of aromatic nitrogens is 1. The molecule has 0 saturated heterocycles. The molecule has 0 aromatic carbocycles. The summed E-state index contributed by atoms with van der Waals surface area (Å²) < 4.78 is 23.6. The molecule has 0 saturated carbocycles. The van der Waals surface area contributed by atoms with Crippen molar-refractivity contribution in [2.75, 3.05) is 5.75 Å². The molecule has 1 rings (SSSR count). The Kier molecular flexibility index (Phi) is 3.65. The summed E-state index contributed by atoms with van der Waals surface area (Å²) in [5, 5.41) is 8.96. The summed E-state index contributed by atoms with van der Waals surface area (Å²) in [7, 11) is 0. The number of nitrogens with zero attached hydrogens (tertiary/aromatic N) is 2. The highest BCUT2D eigenvalue weighted by molar-refractivity contribution is 7.99. The van der Waals surface area contributed by atoms with Gasteiger partial charge in [0.1, 0.15) is 0 Å². The average molecular weight is 200 g/mol. The molecule has 1 aromatic rings. The largest absolute Gasteiger partial charge is 0.250 e. The number of hydrogen-bond donors (Lipinski definition) is 0. The third-order valence-electron chi connectivity index (χ3n) is 1.22. The van der Waals surface area contributed by atoms with Gasteiger partial charge in [0.2, 0.25) is 6.43 Å². The molecule has 0 radical (unpaired) electrons. The first kappa shape index (κ1) is 9.93. The highest BCUT2D eigenvalue weighted by atomic mass is 32.2. The van der Waals surface area contributed by atoms with Crippen LogP contribution in [0.5, 0.6) is 0 Å². The Balaban J connectivity index is 2.63. The zero-order valence-electron chi connectivity index (χ0n) is 6.58. The first-order chi connectivity index (χ1) is 6.22. The van der Waals surface area contributed by atoms with E-state index in [1.807, 2.05) is 6.07 Å². The van der Waals surface area contributed by atoms with E-state index in [1.165, 1.54) is 18.3 Å². The van der Waals surface area contributed by atoms with Crippen molar-refractivity contribution in [2.45, 2.75) is 11.5 Å². The molecule has 0 aliphatic heterocycles. The lowest BCUT2D eigenvalue weighted by atomic mass is 10.3. The molecule has 0 aliphatic rings. The SMILES string of the molecule is N#Cc1ccnc(SCC(F)F)c1. The molecule has 0 unspecified atom stereocenters. The molecule has 13 heavy (non-hydrogen) atoms. The highest BCUT2D eigenvalue weighted by Crippen LogP contribution is 2.18. The van der Waals surface area contributed by atoms with Crippen LogP contribution in [0.2, 0.25) is 0 Å². The maximum Gasteiger partial charge on any atom is 0.247 e. The fraction of sp³-hybridized carbons (Fsp3) is 0.250. The normalized spacial score (nSPS) is 10.0. The van der Waals surface area contributed by atoms with Crippen molar-refractivity contribution in [3.05, 3.63) is 23.9 Å². The Morgan fingerprint density at radius 3 is 3.00 bits per heavy atom. The summed E-state index contributed by atoms with van der Waals surface area (Å²) in [5.41, 5.74) is 0.437. The van der Waals surface area contributed by atoms with Gasteiger partial charge in [-0.25, -0.2) is 13.8 Å². The Morgan fingerprint density at radius 1 is 1.62 bits per heavy atom. The fourth-order valence-electron chi connectivity index (χ4n) is 0.706. The molecule has 0 bridgehead atoms. The lowest BCUT2D eigenvalue weighted by Crippen LogP contribution is -1.94. The number of halogens is 2. The second-order valence-electron chi connectivity index (χ2n) is 2.20. The molecule has 0 N–H and O–H groups in total. The molecule has 0 amide bonds. The van der Waals surface area contributed by atoms with Crippen molar-refractivity contribution in [1.29, 1.82) is 5.26 Å². The first-order valence-electron chi connectivity index (χ1n) is 3.49. The quantitative estimate of drug-likeness (QED) is 0.702. The van der Waals surface area contributed by atoms with Gasteiger partial charge in [0.25, 0.3) is 0 Å². The maximum atomic E-state index is 11.8. The molecule has 1 heterocycles. The van der Waals surface area contributed by atoms with Gasteiger partial charge in [-0.3, -0.25) is 0 Å². The summed E-state index contributed by atoms with van der Waals surface area (Å²) in [6.45, 7) is 0. The van der Waals surface area contributed by atoms with Gasteiger partial charge < -0.3 is 0 Å². The van der Waals surface area contributed by atoms with Crippen LogP contribution in [0, 0.1) is 11.3 Å². The van der Waals surface area contributed by atoms with Crippen molar-refractivity contribution in [2.24, 2.45) is 0 Å². The number of thioether (sulfide) groups is 1. The zero-order chi connectivity index (χ0) is 9.68.